The number of rotatable bonds is 2. The van der Waals surface area contributed by atoms with Crippen LogP contribution in [0.2, 0.25) is 0 Å². The summed E-state index contributed by atoms with van der Waals surface area (Å²) in [6, 6.07) is 0.961. The van der Waals surface area contributed by atoms with Gasteiger partial charge in [0.15, 0.2) is 0 Å². The second-order valence-corrected chi connectivity index (χ2v) is 6.52. The average Bonchev–Trinajstić information content (AvgIpc) is 2.61. The summed E-state index contributed by atoms with van der Waals surface area (Å²) in [6.07, 6.45) is 4.53. The summed E-state index contributed by atoms with van der Waals surface area (Å²) >= 11 is 2.04. The van der Waals surface area contributed by atoms with E-state index in [0.717, 1.165) is 18.1 Å². The number of nitrogens with one attached hydrogen (secondary N) is 1. The Labute approximate surface area is 90.8 Å². The van der Waals surface area contributed by atoms with Crippen LogP contribution in [0, 0.1) is 0 Å². The van der Waals surface area contributed by atoms with Crippen molar-refractivity contribution in [3.8, 4) is 0 Å². The maximum atomic E-state index is 10.1. The predicted octanol–water partition coefficient (Wildman–Crippen LogP) is 1.77. The molecule has 4 unspecified atom stereocenters. The lowest BCUT2D eigenvalue weighted by molar-refractivity contribution is 0.0360. The minimum absolute atomic E-state index is 0.332. The first-order chi connectivity index (χ1) is 6.58. The van der Waals surface area contributed by atoms with Crippen LogP contribution >= 0.6 is 11.8 Å². The van der Waals surface area contributed by atoms with Gasteiger partial charge in [-0.15, -0.1) is 0 Å². The van der Waals surface area contributed by atoms with E-state index >= 15 is 0 Å². The van der Waals surface area contributed by atoms with Crippen LogP contribution in [0.1, 0.15) is 39.5 Å². The van der Waals surface area contributed by atoms with Crippen molar-refractivity contribution in [1.82, 2.24) is 5.32 Å². The monoisotopic (exact) mass is 215 g/mol. The van der Waals surface area contributed by atoms with E-state index in [4.69, 9.17) is 0 Å². The summed E-state index contributed by atoms with van der Waals surface area (Å²) in [7, 11) is 0. The molecule has 2 fully saturated rings. The molecule has 14 heavy (non-hydrogen) atoms. The topological polar surface area (TPSA) is 32.3 Å². The fourth-order valence-electron chi connectivity index (χ4n) is 2.63. The van der Waals surface area contributed by atoms with E-state index < -0.39 is 5.60 Å². The molecular formula is C11H21NOS. The summed E-state index contributed by atoms with van der Waals surface area (Å²) in [6.45, 7) is 4.27. The molecule has 2 aliphatic rings. The molecule has 3 heteroatoms. The van der Waals surface area contributed by atoms with Gasteiger partial charge in [-0.2, -0.15) is 11.8 Å². The van der Waals surface area contributed by atoms with Gasteiger partial charge >= 0.3 is 0 Å². The van der Waals surface area contributed by atoms with Crippen LogP contribution in [0.15, 0.2) is 0 Å². The van der Waals surface area contributed by atoms with E-state index in [9.17, 15) is 5.11 Å². The first kappa shape index (κ1) is 10.8. The SMILES string of the molecule is CC1CC(NC2CCCC2(C)O)CS1. The van der Waals surface area contributed by atoms with Crippen molar-refractivity contribution in [1.29, 1.82) is 0 Å². The molecule has 0 bridgehead atoms. The van der Waals surface area contributed by atoms with Gasteiger partial charge in [0, 0.05) is 23.1 Å². The van der Waals surface area contributed by atoms with Crippen LogP contribution in [0.3, 0.4) is 0 Å². The Morgan fingerprint density at radius 3 is 2.79 bits per heavy atom. The quantitative estimate of drug-likeness (QED) is 0.736. The first-order valence-corrected chi connectivity index (χ1v) is 6.73. The molecule has 82 valence electrons. The van der Waals surface area contributed by atoms with E-state index in [1.54, 1.807) is 0 Å². The molecule has 2 rings (SSSR count). The minimum Gasteiger partial charge on any atom is -0.389 e. The maximum absolute atomic E-state index is 10.1. The highest BCUT2D eigenvalue weighted by atomic mass is 32.2. The predicted molar refractivity (Wildman–Crippen MR) is 61.7 cm³/mol. The summed E-state index contributed by atoms with van der Waals surface area (Å²) in [5.74, 6) is 1.22. The molecular weight excluding hydrogens is 194 g/mol. The molecule has 0 aromatic carbocycles. The summed E-state index contributed by atoms with van der Waals surface area (Å²) in [4.78, 5) is 0. The second kappa shape index (κ2) is 4.03. The Kier molecular flexibility index (Phi) is 3.10. The van der Waals surface area contributed by atoms with Gasteiger partial charge in [0.25, 0.3) is 0 Å². The van der Waals surface area contributed by atoms with Gasteiger partial charge in [-0.1, -0.05) is 6.92 Å². The van der Waals surface area contributed by atoms with E-state index in [1.165, 1.54) is 18.6 Å². The van der Waals surface area contributed by atoms with Gasteiger partial charge in [-0.25, -0.2) is 0 Å². The Morgan fingerprint density at radius 1 is 1.50 bits per heavy atom. The van der Waals surface area contributed by atoms with Gasteiger partial charge in [0.1, 0.15) is 0 Å². The van der Waals surface area contributed by atoms with Gasteiger partial charge in [-0.05, 0) is 32.6 Å². The molecule has 1 saturated carbocycles. The van der Waals surface area contributed by atoms with Gasteiger partial charge in [-0.3, -0.25) is 0 Å². The molecule has 1 saturated heterocycles. The Hall–Kier alpha value is 0.270. The molecule has 0 radical (unpaired) electrons. The molecule has 1 aliphatic carbocycles. The van der Waals surface area contributed by atoms with Crippen LogP contribution in [0.25, 0.3) is 0 Å². The van der Waals surface area contributed by atoms with Crippen LogP contribution < -0.4 is 5.32 Å². The number of thioether (sulfide) groups is 1. The highest BCUT2D eigenvalue weighted by Crippen LogP contribution is 2.32. The lowest BCUT2D eigenvalue weighted by atomic mass is 9.99. The third kappa shape index (κ3) is 2.26. The molecule has 1 heterocycles. The van der Waals surface area contributed by atoms with Crippen molar-refractivity contribution >= 4 is 11.8 Å². The zero-order valence-electron chi connectivity index (χ0n) is 9.12. The van der Waals surface area contributed by atoms with Crippen molar-refractivity contribution in [3.05, 3.63) is 0 Å². The van der Waals surface area contributed by atoms with E-state index in [2.05, 4.69) is 12.2 Å². The smallest absolute Gasteiger partial charge is 0.0772 e. The van der Waals surface area contributed by atoms with Gasteiger partial charge in [0.2, 0.25) is 0 Å². The largest absolute Gasteiger partial charge is 0.389 e. The molecule has 0 amide bonds. The van der Waals surface area contributed by atoms with Crippen molar-refractivity contribution in [2.24, 2.45) is 0 Å². The first-order valence-electron chi connectivity index (χ1n) is 5.68. The molecule has 0 aromatic rings. The molecule has 4 atom stereocenters. The molecule has 2 nitrogen and oxygen atoms in total. The van der Waals surface area contributed by atoms with Crippen molar-refractivity contribution < 1.29 is 5.11 Å². The second-order valence-electron chi connectivity index (χ2n) is 5.05. The zero-order valence-corrected chi connectivity index (χ0v) is 9.94. The Bertz CT molecular complexity index is 207. The summed E-state index contributed by atoms with van der Waals surface area (Å²) in [5.41, 5.74) is -0.462. The summed E-state index contributed by atoms with van der Waals surface area (Å²) in [5, 5.41) is 14.5. The fourth-order valence-corrected chi connectivity index (χ4v) is 3.79. The zero-order chi connectivity index (χ0) is 10.2. The third-order valence-corrected chi connectivity index (χ3v) is 4.92. The van der Waals surface area contributed by atoms with Crippen LogP contribution in [-0.2, 0) is 0 Å². The molecule has 2 N–H and O–H groups in total. The molecule has 0 spiro atoms. The minimum atomic E-state index is -0.462. The van der Waals surface area contributed by atoms with E-state index in [0.29, 0.717) is 12.1 Å². The number of hydrogen-bond acceptors (Lipinski definition) is 3. The summed E-state index contributed by atoms with van der Waals surface area (Å²) < 4.78 is 0. The highest BCUT2D eigenvalue weighted by molar-refractivity contribution is 8.00. The van der Waals surface area contributed by atoms with Crippen LogP contribution in [0.5, 0.6) is 0 Å². The lowest BCUT2D eigenvalue weighted by Crippen LogP contribution is -2.49. The molecule has 1 aliphatic heterocycles. The average molecular weight is 215 g/mol. The van der Waals surface area contributed by atoms with Crippen LogP contribution in [0.4, 0.5) is 0 Å². The number of aliphatic hydroxyl groups is 1. The number of hydrogen-bond donors (Lipinski definition) is 2. The Morgan fingerprint density at radius 2 is 2.29 bits per heavy atom. The lowest BCUT2D eigenvalue weighted by Gasteiger charge is -2.29. The highest BCUT2D eigenvalue weighted by Gasteiger charge is 2.38. The van der Waals surface area contributed by atoms with Crippen LogP contribution in [-0.4, -0.2) is 33.8 Å². The van der Waals surface area contributed by atoms with Gasteiger partial charge < -0.3 is 10.4 Å². The van der Waals surface area contributed by atoms with E-state index in [1.807, 2.05) is 18.7 Å². The standard InChI is InChI=1S/C11H21NOS/c1-8-6-9(7-14-8)12-10-4-3-5-11(10,2)13/h8-10,12-13H,3-7H2,1-2H3. The normalized spacial score (nSPS) is 48.6. The molecule has 0 aromatic heterocycles. The fraction of sp³-hybridized carbons (Fsp3) is 1.00. The Balaban J connectivity index is 1.85. The van der Waals surface area contributed by atoms with Crippen molar-refractivity contribution in [2.75, 3.05) is 5.75 Å². The van der Waals surface area contributed by atoms with Crippen molar-refractivity contribution in [3.63, 3.8) is 0 Å². The maximum Gasteiger partial charge on any atom is 0.0772 e. The van der Waals surface area contributed by atoms with Crippen molar-refractivity contribution in [2.45, 2.75) is 62.5 Å². The van der Waals surface area contributed by atoms with E-state index in [-0.39, 0.29) is 0 Å². The third-order valence-electron chi connectivity index (χ3n) is 3.56. The van der Waals surface area contributed by atoms with Gasteiger partial charge in [0.05, 0.1) is 5.60 Å².